The summed E-state index contributed by atoms with van der Waals surface area (Å²) in [7, 11) is 0. The van der Waals surface area contributed by atoms with E-state index in [0.717, 1.165) is 5.69 Å². The largest absolute Gasteiger partial charge is 0.383 e. The van der Waals surface area contributed by atoms with Crippen molar-refractivity contribution in [1.82, 2.24) is 0 Å². The van der Waals surface area contributed by atoms with Gasteiger partial charge in [-0.2, -0.15) is 5.26 Å². The van der Waals surface area contributed by atoms with Crippen LogP contribution in [-0.4, -0.2) is 12.6 Å². The summed E-state index contributed by atoms with van der Waals surface area (Å²) < 4.78 is 0. The van der Waals surface area contributed by atoms with E-state index in [1.165, 1.54) is 0 Å². The Morgan fingerprint density at radius 2 is 2.36 bits per heavy atom. The molecule has 0 aliphatic rings. The summed E-state index contributed by atoms with van der Waals surface area (Å²) in [5, 5.41) is 12.2. The van der Waals surface area contributed by atoms with E-state index in [2.05, 4.69) is 5.32 Å². The van der Waals surface area contributed by atoms with Crippen LogP contribution < -0.4 is 11.1 Å². The fourth-order valence-electron chi connectivity index (χ4n) is 0.995. The second-order valence-electron chi connectivity index (χ2n) is 3.16. The number of hydrogen-bond acceptors (Lipinski definition) is 3. The number of nitrogens with zero attached hydrogens (tertiary/aromatic N) is 1. The molecule has 4 heteroatoms. The minimum Gasteiger partial charge on any atom is -0.383 e. The number of anilines is 1. The predicted molar refractivity (Wildman–Crippen MR) is 58.3 cm³/mol. The Morgan fingerprint density at radius 1 is 1.64 bits per heavy atom. The standard InChI is InChI=1S/C10H12ClN3/c1-7(13)6-14-9-3-2-8(5-12)10(11)4-9/h2-4,7,14H,6,13H2,1H3. The molecule has 74 valence electrons. The Labute approximate surface area is 88.5 Å². The number of hydrogen-bond donors (Lipinski definition) is 2. The lowest BCUT2D eigenvalue weighted by atomic mass is 10.2. The third-order valence-electron chi connectivity index (χ3n) is 1.72. The van der Waals surface area contributed by atoms with Gasteiger partial charge in [-0.3, -0.25) is 0 Å². The highest BCUT2D eigenvalue weighted by Crippen LogP contribution is 2.19. The van der Waals surface area contributed by atoms with Gasteiger partial charge in [0.2, 0.25) is 0 Å². The van der Waals surface area contributed by atoms with Crippen molar-refractivity contribution in [2.75, 3.05) is 11.9 Å². The molecule has 0 amide bonds. The van der Waals surface area contributed by atoms with Gasteiger partial charge in [-0.1, -0.05) is 11.6 Å². The van der Waals surface area contributed by atoms with Crippen LogP contribution in [0.15, 0.2) is 18.2 Å². The first-order valence-corrected chi connectivity index (χ1v) is 4.70. The maximum atomic E-state index is 8.65. The molecule has 0 radical (unpaired) electrons. The van der Waals surface area contributed by atoms with Crippen LogP contribution in [-0.2, 0) is 0 Å². The molecule has 1 atom stereocenters. The molecule has 0 aliphatic heterocycles. The number of nitrogens with one attached hydrogen (secondary N) is 1. The minimum absolute atomic E-state index is 0.0874. The average molecular weight is 210 g/mol. The molecule has 0 heterocycles. The van der Waals surface area contributed by atoms with Crippen LogP contribution in [0.5, 0.6) is 0 Å². The molecule has 0 aromatic heterocycles. The Morgan fingerprint density at radius 3 is 2.86 bits per heavy atom. The van der Waals surface area contributed by atoms with Gasteiger partial charge in [-0.25, -0.2) is 0 Å². The van der Waals surface area contributed by atoms with Crippen LogP contribution in [0, 0.1) is 11.3 Å². The maximum Gasteiger partial charge on any atom is 0.101 e. The van der Waals surface area contributed by atoms with Crippen LogP contribution in [0.25, 0.3) is 0 Å². The molecule has 0 bridgehead atoms. The number of nitrogens with two attached hydrogens (primary N) is 1. The second kappa shape index (κ2) is 4.85. The van der Waals surface area contributed by atoms with Crippen molar-refractivity contribution in [2.45, 2.75) is 13.0 Å². The third kappa shape index (κ3) is 2.91. The highest BCUT2D eigenvalue weighted by molar-refractivity contribution is 6.32. The molecule has 0 saturated heterocycles. The molecule has 1 aromatic carbocycles. The van der Waals surface area contributed by atoms with E-state index in [-0.39, 0.29) is 6.04 Å². The van der Waals surface area contributed by atoms with Gasteiger partial charge in [0, 0.05) is 18.3 Å². The quantitative estimate of drug-likeness (QED) is 0.800. The Bertz CT molecular complexity index is 355. The molecule has 14 heavy (non-hydrogen) atoms. The molecule has 0 spiro atoms. The van der Waals surface area contributed by atoms with E-state index >= 15 is 0 Å². The van der Waals surface area contributed by atoms with Gasteiger partial charge in [0.05, 0.1) is 10.6 Å². The second-order valence-corrected chi connectivity index (χ2v) is 3.57. The molecule has 1 aromatic rings. The molecule has 3 nitrogen and oxygen atoms in total. The first-order valence-electron chi connectivity index (χ1n) is 4.32. The summed E-state index contributed by atoms with van der Waals surface area (Å²) in [6, 6.07) is 7.31. The van der Waals surface area contributed by atoms with Crippen LogP contribution in [0.4, 0.5) is 5.69 Å². The summed E-state index contributed by atoms with van der Waals surface area (Å²) >= 11 is 5.85. The van der Waals surface area contributed by atoms with Gasteiger partial charge in [0.25, 0.3) is 0 Å². The maximum absolute atomic E-state index is 8.65. The number of rotatable bonds is 3. The summed E-state index contributed by atoms with van der Waals surface area (Å²) in [4.78, 5) is 0. The Hall–Kier alpha value is -1.24. The molecule has 1 rings (SSSR count). The van der Waals surface area contributed by atoms with E-state index in [0.29, 0.717) is 17.1 Å². The van der Waals surface area contributed by atoms with Crippen molar-refractivity contribution < 1.29 is 0 Å². The van der Waals surface area contributed by atoms with E-state index in [9.17, 15) is 0 Å². The van der Waals surface area contributed by atoms with Crippen molar-refractivity contribution >= 4 is 17.3 Å². The van der Waals surface area contributed by atoms with E-state index in [4.69, 9.17) is 22.6 Å². The van der Waals surface area contributed by atoms with Gasteiger partial charge < -0.3 is 11.1 Å². The van der Waals surface area contributed by atoms with Crippen molar-refractivity contribution in [3.63, 3.8) is 0 Å². The topological polar surface area (TPSA) is 61.8 Å². The SMILES string of the molecule is CC(N)CNc1ccc(C#N)c(Cl)c1. The summed E-state index contributed by atoms with van der Waals surface area (Å²) in [5.74, 6) is 0. The van der Waals surface area contributed by atoms with Crippen LogP contribution >= 0.6 is 11.6 Å². The summed E-state index contributed by atoms with van der Waals surface area (Å²) in [6.45, 7) is 2.60. The molecule has 0 saturated carbocycles. The lowest BCUT2D eigenvalue weighted by molar-refractivity contribution is 0.780. The predicted octanol–water partition coefficient (Wildman–Crippen LogP) is 1.97. The molecule has 1 unspecified atom stereocenters. The smallest absolute Gasteiger partial charge is 0.101 e. The average Bonchev–Trinajstić information content (AvgIpc) is 2.15. The van der Waals surface area contributed by atoms with Crippen molar-refractivity contribution in [3.05, 3.63) is 28.8 Å². The fraction of sp³-hybridized carbons (Fsp3) is 0.300. The fourth-order valence-corrected chi connectivity index (χ4v) is 1.22. The van der Waals surface area contributed by atoms with E-state index in [1.54, 1.807) is 12.1 Å². The van der Waals surface area contributed by atoms with Crippen molar-refractivity contribution in [3.8, 4) is 6.07 Å². The lowest BCUT2D eigenvalue weighted by Crippen LogP contribution is -2.25. The van der Waals surface area contributed by atoms with Gasteiger partial charge in [0.1, 0.15) is 6.07 Å². The highest BCUT2D eigenvalue weighted by Gasteiger charge is 2.00. The van der Waals surface area contributed by atoms with Gasteiger partial charge in [-0.15, -0.1) is 0 Å². The normalized spacial score (nSPS) is 11.9. The first-order chi connectivity index (χ1) is 6.63. The van der Waals surface area contributed by atoms with Crippen LogP contribution in [0.1, 0.15) is 12.5 Å². The molecular weight excluding hydrogens is 198 g/mol. The van der Waals surface area contributed by atoms with E-state index in [1.807, 2.05) is 19.1 Å². The zero-order valence-electron chi connectivity index (χ0n) is 7.92. The molecular formula is C10H12ClN3. The van der Waals surface area contributed by atoms with Gasteiger partial charge >= 0.3 is 0 Å². The number of benzene rings is 1. The molecule has 3 N–H and O–H groups in total. The number of halogens is 1. The lowest BCUT2D eigenvalue weighted by Gasteiger charge is -2.09. The Balaban J connectivity index is 2.73. The summed E-state index contributed by atoms with van der Waals surface area (Å²) in [6.07, 6.45) is 0. The van der Waals surface area contributed by atoms with Crippen LogP contribution in [0.3, 0.4) is 0 Å². The molecule has 0 aliphatic carbocycles. The minimum atomic E-state index is 0.0874. The highest BCUT2D eigenvalue weighted by atomic mass is 35.5. The number of nitriles is 1. The monoisotopic (exact) mass is 209 g/mol. The summed E-state index contributed by atoms with van der Waals surface area (Å²) in [5.41, 5.74) is 6.95. The van der Waals surface area contributed by atoms with E-state index < -0.39 is 0 Å². The zero-order chi connectivity index (χ0) is 10.6. The van der Waals surface area contributed by atoms with Crippen molar-refractivity contribution in [2.24, 2.45) is 5.73 Å². The van der Waals surface area contributed by atoms with Crippen molar-refractivity contribution in [1.29, 1.82) is 5.26 Å². The Kier molecular flexibility index (Phi) is 3.75. The van der Waals surface area contributed by atoms with Crippen LogP contribution in [0.2, 0.25) is 5.02 Å². The third-order valence-corrected chi connectivity index (χ3v) is 2.03. The molecule has 0 fully saturated rings. The van der Waals surface area contributed by atoms with Gasteiger partial charge in [0.15, 0.2) is 0 Å². The van der Waals surface area contributed by atoms with Gasteiger partial charge in [-0.05, 0) is 25.1 Å². The zero-order valence-corrected chi connectivity index (χ0v) is 8.67. The first kappa shape index (κ1) is 10.8.